The zero-order chi connectivity index (χ0) is 9.84. The Kier molecular flexibility index (Phi) is 3.04. The summed E-state index contributed by atoms with van der Waals surface area (Å²) in [6, 6.07) is -0.343. The van der Waals surface area contributed by atoms with Crippen molar-refractivity contribution in [1.82, 2.24) is 10.2 Å². The highest BCUT2D eigenvalue weighted by Crippen LogP contribution is 2.16. The van der Waals surface area contributed by atoms with Crippen molar-refractivity contribution in [3.63, 3.8) is 0 Å². The minimum absolute atomic E-state index is 0.222. The van der Waals surface area contributed by atoms with Crippen LogP contribution in [0.4, 0.5) is 0 Å². The molecule has 0 spiro atoms. The first-order valence-corrected chi connectivity index (χ1v) is 4.17. The maximum atomic E-state index is 5.68. The molecule has 1 heterocycles. The Bertz CT molecular complexity index is 311. The molecule has 0 aromatic carbocycles. The smallest absolute Gasteiger partial charge is 0.234 e. The van der Waals surface area contributed by atoms with Gasteiger partial charge in [-0.1, -0.05) is 13.8 Å². The van der Waals surface area contributed by atoms with Gasteiger partial charge in [0.15, 0.2) is 0 Å². The van der Waals surface area contributed by atoms with Crippen LogP contribution < -0.4 is 5.73 Å². The van der Waals surface area contributed by atoms with E-state index >= 15 is 0 Å². The summed E-state index contributed by atoms with van der Waals surface area (Å²) in [5.41, 5.74) is 5.68. The maximum absolute atomic E-state index is 5.68. The predicted octanol–water partition coefficient (Wildman–Crippen LogP) is 1.22. The third-order valence-electron chi connectivity index (χ3n) is 1.61. The first kappa shape index (κ1) is 9.75. The topological polar surface area (TPSA) is 64.9 Å². The number of hydrogen-bond acceptors (Lipinski definition) is 4. The van der Waals surface area contributed by atoms with Gasteiger partial charge in [0, 0.05) is 12.3 Å². The Morgan fingerprint density at radius 1 is 1.46 bits per heavy atom. The SMILES string of the molecule is C#CCC(N)c1nnc(C(C)C)o1. The second kappa shape index (κ2) is 4.06. The fourth-order valence-electron chi connectivity index (χ4n) is 0.844. The molecule has 0 aliphatic rings. The molecule has 0 aliphatic heterocycles. The van der Waals surface area contributed by atoms with Crippen LogP contribution in [0, 0.1) is 12.3 Å². The largest absolute Gasteiger partial charge is 0.423 e. The lowest BCUT2D eigenvalue weighted by molar-refractivity contribution is 0.406. The number of nitrogens with zero attached hydrogens (tertiary/aromatic N) is 2. The van der Waals surface area contributed by atoms with E-state index in [1.54, 1.807) is 0 Å². The van der Waals surface area contributed by atoms with Gasteiger partial charge >= 0.3 is 0 Å². The normalized spacial score (nSPS) is 12.8. The van der Waals surface area contributed by atoms with Crippen LogP contribution in [0.25, 0.3) is 0 Å². The maximum Gasteiger partial charge on any atom is 0.234 e. The van der Waals surface area contributed by atoms with Gasteiger partial charge in [-0.3, -0.25) is 0 Å². The predicted molar refractivity (Wildman–Crippen MR) is 48.8 cm³/mol. The second-order valence-electron chi connectivity index (χ2n) is 3.15. The molecular formula is C9H13N3O. The molecule has 0 fully saturated rings. The molecule has 0 amide bonds. The van der Waals surface area contributed by atoms with Crippen LogP contribution in [0.2, 0.25) is 0 Å². The van der Waals surface area contributed by atoms with Gasteiger partial charge in [-0.25, -0.2) is 0 Å². The van der Waals surface area contributed by atoms with E-state index in [2.05, 4.69) is 16.1 Å². The van der Waals surface area contributed by atoms with E-state index in [0.717, 1.165) is 0 Å². The first-order chi connectivity index (χ1) is 6.15. The molecule has 1 rings (SSSR count). The van der Waals surface area contributed by atoms with Crippen LogP contribution in [0.15, 0.2) is 4.42 Å². The molecule has 0 bridgehead atoms. The van der Waals surface area contributed by atoms with Crippen LogP contribution in [0.1, 0.15) is 44.0 Å². The molecule has 4 nitrogen and oxygen atoms in total. The van der Waals surface area contributed by atoms with E-state index in [4.69, 9.17) is 16.6 Å². The molecule has 0 aliphatic carbocycles. The van der Waals surface area contributed by atoms with Gasteiger partial charge in [-0.15, -0.1) is 22.5 Å². The molecule has 0 saturated carbocycles. The second-order valence-corrected chi connectivity index (χ2v) is 3.15. The number of hydrogen-bond donors (Lipinski definition) is 1. The Balaban J connectivity index is 2.74. The number of aromatic nitrogens is 2. The summed E-state index contributed by atoms with van der Waals surface area (Å²) < 4.78 is 5.32. The van der Waals surface area contributed by atoms with Gasteiger partial charge in [0.1, 0.15) is 0 Å². The van der Waals surface area contributed by atoms with Crippen molar-refractivity contribution >= 4 is 0 Å². The van der Waals surface area contributed by atoms with Crippen molar-refractivity contribution in [1.29, 1.82) is 0 Å². The van der Waals surface area contributed by atoms with Crippen LogP contribution in [0.5, 0.6) is 0 Å². The fraction of sp³-hybridized carbons (Fsp3) is 0.556. The Hall–Kier alpha value is -1.34. The van der Waals surface area contributed by atoms with Gasteiger partial charge in [-0.05, 0) is 0 Å². The molecule has 1 atom stereocenters. The van der Waals surface area contributed by atoms with Crippen LogP contribution >= 0.6 is 0 Å². The molecule has 0 saturated heterocycles. The lowest BCUT2D eigenvalue weighted by atomic mass is 10.2. The Morgan fingerprint density at radius 3 is 2.54 bits per heavy atom. The Morgan fingerprint density at radius 2 is 2.08 bits per heavy atom. The van der Waals surface area contributed by atoms with Crippen molar-refractivity contribution in [3.05, 3.63) is 11.8 Å². The van der Waals surface area contributed by atoms with E-state index in [9.17, 15) is 0 Å². The standard InChI is InChI=1S/C9H13N3O/c1-4-5-7(10)9-12-11-8(13-9)6(2)3/h1,6-7H,5,10H2,2-3H3. The van der Waals surface area contributed by atoms with Crippen LogP contribution in [0.3, 0.4) is 0 Å². The van der Waals surface area contributed by atoms with Crippen molar-refractivity contribution in [2.24, 2.45) is 5.73 Å². The number of rotatable bonds is 3. The summed E-state index contributed by atoms with van der Waals surface area (Å²) in [5.74, 6) is 3.69. The van der Waals surface area contributed by atoms with E-state index in [-0.39, 0.29) is 12.0 Å². The lowest BCUT2D eigenvalue weighted by Crippen LogP contribution is -2.09. The average Bonchev–Trinajstić information content (AvgIpc) is 2.52. The third-order valence-corrected chi connectivity index (χ3v) is 1.61. The zero-order valence-corrected chi connectivity index (χ0v) is 7.82. The fourth-order valence-corrected chi connectivity index (χ4v) is 0.844. The lowest BCUT2D eigenvalue weighted by Gasteiger charge is -2.00. The monoisotopic (exact) mass is 179 g/mol. The van der Waals surface area contributed by atoms with E-state index in [1.165, 1.54) is 0 Å². The van der Waals surface area contributed by atoms with Crippen LogP contribution in [-0.2, 0) is 0 Å². The molecule has 2 N–H and O–H groups in total. The highest BCUT2D eigenvalue weighted by molar-refractivity contribution is 4.97. The summed E-state index contributed by atoms with van der Waals surface area (Å²) in [6.45, 7) is 3.95. The number of terminal acetylenes is 1. The highest BCUT2D eigenvalue weighted by atomic mass is 16.4. The van der Waals surface area contributed by atoms with Gasteiger partial charge in [-0.2, -0.15) is 0 Å². The minimum atomic E-state index is -0.343. The number of nitrogens with two attached hydrogens (primary N) is 1. The van der Waals surface area contributed by atoms with Crippen LogP contribution in [-0.4, -0.2) is 10.2 Å². The zero-order valence-electron chi connectivity index (χ0n) is 7.82. The van der Waals surface area contributed by atoms with Crippen molar-refractivity contribution in [3.8, 4) is 12.3 Å². The summed E-state index contributed by atoms with van der Waals surface area (Å²) in [7, 11) is 0. The molecule has 70 valence electrons. The summed E-state index contributed by atoms with van der Waals surface area (Å²) in [6.07, 6.45) is 5.53. The van der Waals surface area contributed by atoms with Crippen molar-refractivity contribution in [2.45, 2.75) is 32.2 Å². The van der Waals surface area contributed by atoms with E-state index in [1.807, 2.05) is 13.8 Å². The highest BCUT2D eigenvalue weighted by Gasteiger charge is 2.14. The molecule has 13 heavy (non-hydrogen) atoms. The average molecular weight is 179 g/mol. The van der Waals surface area contributed by atoms with E-state index in [0.29, 0.717) is 18.2 Å². The quantitative estimate of drug-likeness (QED) is 0.708. The van der Waals surface area contributed by atoms with Crippen molar-refractivity contribution < 1.29 is 4.42 Å². The minimum Gasteiger partial charge on any atom is -0.423 e. The first-order valence-electron chi connectivity index (χ1n) is 4.17. The van der Waals surface area contributed by atoms with Gasteiger partial charge < -0.3 is 10.2 Å². The van der Waals surface area contributed by atoms with Crippen molar-refractivity contribution in [2.75, 3.05) is 0 Å². The molecule has 1 unspecified atom stereocenters. The molecular weight excluding hydrogens is 166 g/mol. The molecule has 1 aromatic rings. The third kappa shape index (κ3) is 2.30. The molecule has 1 aromatic heterocycles. The van der Waals surface area contributed by atoms with Gasteiger partial charge in [0.05, 0.1) is 6.04 Å². The molecule has 0 radical (unpaired) electrons. The Labute approximate surface area is 77.5 Å². The van der Waals surface area contributed by atoms with Gasteiger partial charge in [0.2, 0.25) is 11.8 Å². The summed E-state index contributed by atoms with van der Waals surface area (Å²) in [5, 5.41) is 7.67. The summed E-state index contributed by atoms with van der Waals surface area (Å²) >= 11 is 0. The van der Waals surface area contributed by atoms with E-state index < -0.39 is 0 Å². The van der Waals surface area contributed by atoms with Gasteiger partial charge in [0.25, 0.3) is 0 Å². The molecule has 4 heteroatoms. The summed E-state index contributed by atoms with van der Waals surface area (Å²) in [4.78, 5) is 0.